The minimum absolute atomic E-state index is 0.610. The highest BCUT2D eigenvalue weighted by atomic mass is 16.6. The van der Waals surface area contributed by atoms with Crippen LogP contribution in [0.1, 0.15) is 0 Å². The summed E-state index contributed by atoms with van der Waals surface area (Å²) in [4.78, 5) is 3.77. The molecule has 0 bridgehead atoms. The maximum atomic E-state index is 5.23. The van der Waals surface area contributed by atoms with Crippen LogP contribution in [0, 0.1) is 6.20 Å². The summed E-state index contributed by atoms with van der Waals surface area (Å²) in [5.41, 5.74) is 0. The van der Waals surface area contributed by atoms with Crippen LogP contribution in [0.25, 0.3) is 0 Å². The van der Waals surface area contributed by atoms with Gasteiger partial charge in [0.2, 0.25) is 0 Å². The summed E-state index contributed by atoms with van der Waals surface area (Å²) in [5.74, 6) is 1.45. The van der Waals surface area contributed by atoms with Crippen molar-refractivity contribution in [3.05, 3.63) is 18.5 Å². The molecule has 0 fully saturated rings. The fourth-order valence-corrected chi connectivity index (χ4v) is 0.851. The smallest absolute Gasteiger partial charge is 0.179 e. The summed E-state index contributed by atoms with van der Waals surface area (Å²) in [6, 6.07) is 1.68. The molecule has 0 saturated heterocycles. The van der Waals surface area contributed by atoms with Gasteiger partial charge in [0, 0.05) is 6.07 Å². The number of hydrogen-bond donors (Lipinski definition) is 0. The predicted octanol–water partition coefficient (Wildman–Crippen LogP) is 0.653. The van der Waals surface area contributed by atoms with E-state index in [9.17, 15) is 0 Å². The van der Waals surface area contributed by atoms with E-state index in [4.69, 9.17) is 9.47 Å². The second kappa shape index (κ2) is 2.17. The molecular formula is C7H6NO2. The van der Waals surface area contributed by atoms with E-state index in [-0.39, 0.29) is 0 Å². The van der Waals surface area contributed by atoms with Gasteiger partial charge in [0.15, 0.2) is 11.5 Å². The van der Waals surface area contributed by atoms with E-state index in [0.29, 0.717) is 19.0 Å². The molecule has 2 rings (SSSR count). The lowest BCUT2D eigenvalue weighted by Gasteiger charge is -2.16. The van der Waals surface area contributed by atoms with E-state index in [2.05, 4.69) is 11.2 Å². The molecule has 2 heterocycles. The quantitative estimate of drug-likeness (QED) is 0.524. The molecule has 0 amide bonds. The third kappa shape index (κ3) is 0.795. The molecule has 3 heteroatoms. The summed E-state index contributed by atoms with van der Waals surface area (Å²) in [7, 11) is 0. The highest BCUT2D eigenvalue weighted by molar-refractivity contribution is 5.36. The molecule has 1 aliphatic heterocycles. The summed E-state index contributed by atoms with van der Waals surface area (Å²) in [6.07, 6.45) is 4.27. The maximum Gasteiger partial charge on any atom is 0.179 e. The standard InChI is InChI=1S/C7H6NO2/c1-2-8-5-7-6(1)9-3-4-10-7/h1,5H,3-4H2. The van der Waals surface area contributed by atoms with Crippen LogP contribution in [0.2, 0.25) is 0 Å². The number of ether oxygens (including phenoxy) is 2. The third-order valence-corrected chi connectivity index (χ3v) is 1.29. The van der Waals surface area contributed by atoms with Crippen LogP contribution >= 0.6 is 0 Å². The normalized spacial score (nSPS) is 14.8. The molecule has 0 saturated carbocycles. The van der Waals surface area contributed by atoms with Crippen LogP contribution in [0.3, 0.4) is 0 Å². The molecule has 0 N–H and O–H groups in total. The topological polar surface area (TPSA) is 31.4 Å². The van der Waals surface area contributed by atoms with Crippen molar-refractivity contribution in [2.45, 2.75) is 0 Å². The zero-order valence-corrected chi connectivity index (χ0v) is 5.33. The van der Waals surface area contributed by atoms with Crippen molar-refractivity contribution in [2.24, 2.45) is 0 Å². The largest absolute Gasteiger partial charge is 0.486 e. The first-order valence-corrected chi connectivity index (χ1v) is 3.08. The SMILES string of the molecule is [c]1cc2c(cn1)OCCO2. The molecule has 0 aliphatic carbocycles. The van der Waals surface area contributed by atoms with E-state index in [0.717, 1.165) is 5.75 Å². The average molecular weight is 136 g/mol. The molecular weight excluding hydrogens is 130 g/mol. The lowest BCUT2D eigenvalue weighted by Crippen LogP contribution is -2.15. The van der Waals surface area contributed by atoms with E-state index in [1.807, 2.05) is 0 Å². The maximum absolute atomic E-state index is 5.23. The van der Waals surface area contributed by atoms with Gasteiger partial charge in [-0.05, 0) is 0 Å². The number of aromatic nitrogens is 1. The molecule has 1 radical (unpaired) electrons. The van der Waals surface area contributed by atoms with Crippen LogP contribution in [-0.4, -0.2) is 18.2 Å². The van der Waals surface area contributed by atoms with Crippen molar-refractivity contribution >= 4 is 0 Å². The van der Waals surface area contributed by atoms with Gasteiger partial charge in [0.05, 0.1) is 12.4 Å². The monoisotopic (exact) mass is 136 g/mol. The van der Waals surface area contributed by atoms with Gasteiger partial charge in [-0.1, -0.05) is 0 Å². The third-order valence-electron chi connectivity index (χ3n) is 1.29. The fourth-order valence-electron chi connectivity index (χ4n) is 0.851. The van der Waals surface area contributed by atoms with Crippen LogP contribution in [0.4, 0.5) is 0 Å². The lowest BCUT2D eigenvalue weighted by molar-refractivity contribution is 0.170. The second-order valence-electron chi connectivity index (χ2n) is 1.96. The van der Waals surface area contributed by atoms with E-state index < -0.39 is 0 Å². The molecule has 0 aromatic carbocycles. The van der Waals surface area contributed by atoms with Crippen molar-refractivity contribution < 1.29 is 9.47 Å². The van der Waals surface area contributed by atoms with Crippen molar-refractivity contribution in [1.82, 2.24) is 4.98 Å². The van der Waals surface area contributed by atoms with Gasteiger partial charge in [-0.15, -0.1) is 0 Å². The second-order valence-corrected chi connectivity index (χ2v) is 1.96. The van der Waals surface area contributed by atoms with Crippen LogP contribution in [0.15, 0.2) is 12.3 Å². The van der Waals surface area contributed by atoms with Crippen molar-refractivity contribution in [3.8, 4) is 11.5 Å². The van der Waals surface area contributed by atoms with E-state index in [1.165, 1.54) is 0 Å². The van der Waals surface area contributed by atoms with Crippen molar-refractivity contribution in [1.29, 1.82) is 0 Å². The first-order chi connectivity index (χ1) is 4.97. The minimum Gasteiger partial charge on any atom is -0.486 e. The summed E-state index contributed by atoms with van der Waals surface area (Å²) in [6.45, 7) is 1.23. The number of hydrogen-bond acceptors (Lipinski definition) is 3. The molecule has 1 aromatic rings. The van der Waals surface area contributed by atoms with Gasteiger partial charge < -0.3 is 9.47 Å². The molecule has 0 spiro atoms. The van der Waals surface area contributed by atoms with Gasteiger partial charge in [0.1, 0.15) is 13.2 Å². The first-order valence-electron chi connectivity index (χ1n) is 3.08. The Labute approximate surface area is 58.6 Å². The Morgan fingerprint density at radius 3 is 2.90 bits per heavy atom. The minimum atomic E-state index is 0.610. The molecule has 51 valence electrons. The Bertz CT molecular complexity index is 212. The Morgan fingerprint density at radius 1 is 1.30 bits per heavy atom. The van der Waals surface area contributed by atoms with Gasteiger partial charge in [-0.3, -0.25) is 4.98 Å². The molecule has 10 heavy (non-hydrogen) atoms. The summed E-state index contributed by atoms with van der Waals surface area (Å²) >= 11 is 0. The van der Waals surface area contributed by atoms with Crippen molar-refractivity contribution in [3.63, 3.8) is 0 Å². The van der Waals surface area contributed by atoms with E-state index in [1.54, 1.807) is 12.3 Å². The Balaban J connectivity index is 2.41. The molecule has 0 unspecified atom stereocenters. The molecule has 3 nitrogen and oxygen atoms in total. The van der Waals surface area contributed by atoms with Crippen LogP contribution in [-0.2, 0) is 0 Å². The number of pyridine rings is 1. The highest BCUT2D eigenvalue weighted by Crippen LogP contribution is 2.26. The zero-order valence-electron chi connectivity index (χ0n) is 5.33. The zero-order chi connectivity index (χ0) is 6.81. The Kier molecular flexibility index (Phi) is 1.20. The van der Waals surface area contributed by atoms with Gasteiger partial charge >= 0.3 is 0 Å². The lowest BCUT2D eigenvalue weighted by atomic mass is 10.4. The Hall–Kier alpha value is -1.25. The van der Waals surface area contributed by atoms with E-state index >= 15 is 0 Å². The predicted molar refractivity (Wildman–Crippen MR) is 34.1 cm³/mol. The van der Waals surface area contributed by atoms with Crippen molar-refractivity contribution in [2.75, 3.05) is 13.2 Å². The number of rotatable bonds is 0. The van der Waals surface area contributed by atoms with Gasteiger partial charge in [-0.25, -0.2) is 0 Å². The molecule has 1 aliphatic rings. The van der Waals surface area contributed by atoms with Crippen LogP contribution in [0.5, 0.6) is 11.5 Å². The molecule has 0 atom stereocenters. The summed E-state index contributed by atoms with van der Waals surface area (Å²) < 4.78 is 10.4. The Morgan fingerprint density at radius 2 is 2.10 bits per heavy atom. The number of nitrogens with zero attached hydrogens (tertiary/aromatic N) is 1. The summed E-state index contributed by atoms with van der Waals surface area (Å²) in [5, 5.41) is 0. The first kappa shape index (κ1) is 5.53. The molecule has 1 aromatic heterocycles. The van der Waals surface area contributed by atoms with Crippen LogP contribution < -0.4 is 9.47 Å². The van der Waals surface area contributed by atoms with Gasteiger partial charge in [0.25, 0.3) is 0 Å². The average Bonchev–Trinajstić information content (AvgIpc) is 2.05. The number of fused-ring (bicyclic) bond motifs is 1. The van der Waals surface area contributed by atoms with Gasteiger partial charge in [-0.2, -0.15) is 0 Å². The fraction of sp³-hybridized carbons (Fsp3) is 0.286. The highest BCUT2D eigenvalue weighted by Gasteiger charge is 2.09.